The largest absolute Gasteiger partial charge is 0.349 e. The molecule has 1 aromatic carbocycles. The fourth-order valence-corrected chi connectivity index (χ4v) is 2.91. The molecule has 23 heavy (non-hydrogen) atoms. The molecule has 2 aromatic rings. The molecule has 1 fully saturated rings. The van der Waals surface area contributed by atoms with Crippen molar-refractivity contribution in [3.63, 3.8) is 0 Å². The number of hydrogen-bond donors (Lipinski definition) is 1. The number of carbonyl (C=O) groups is 1. The van der Waals surface area contributed by atoms with Gasteiger partial charge in [-0.2, -0.15) is 5.10 Å². The molecule has 0 bridgehead atoms. The molecule has 1 heterocycles. The highest BCUT2D eigenvalue weighted by Crippen LogP contribution is 2.25. The second kappa shape index (κ2) is 6.19. The minimum Gasteiger partial charge on any atom is -0.349 e. The number of nitrogens with one attached hydrogen (secondary N) is 1. The average molecular weight is 311 g/mol. The first kappa shape index (κ1) is 15.8. The Morgan fingerprint density at radius 3 is 2.61 bits per heavy atom. The second-order valence-corrected chi connectivity index (χ2v) is 6.95. The maximum absolute atomic E-state index is 12.7. The molecule has 4 nitrogen and oxygen atoms in total. The third-order valence-corrected chi connectivity index (χ3v) is 4.27. The highest BCUT2D eigenvalue weighted by molar-refractivity contribution is 5.97. The molecule has 3 rings (SSSR count). The van der Waals surface area contributed by atoms with Crippen LogP contribution in [0.15, 0.2) is 24.3 Å². The van der Waals surface area contributed by atoms with Crippen LogP contribution < -0.4 is 5.32 Å². The molecule has 1 N–H and O–H groups in total. The first-order chi connectivity index (χ1) is 11.0. The van der Waals surface area contributed by atoms with Crippen LogP contribution in [0.25, 0.3) is 5.69 Å². The number of hydrogen-bond acceptors (Lipinski definition) is 2. The third kappa shape index (κ3) is 3.31. The maximum atomic E-state index is 12.7. The summed E-state index contributed by atoms with van der Waals surface area (Å²) >= 11 is 0. The molecular formula is C19H25N3O. The summed E-state index contributed by atoms with van der Waals surface area (Å²) in [6.45, 7) is 8.38. The van der Waals surface area contributed by atoms with Crippen LogP contribution in [-0.2, 0) is 6.42 Å². The van der Waals surface area contributed by atoms with Crippen LogP contribution in [-0.4, -0.2) is 21.7 Å². The Balaban J connectivity index is 2.05. The van der Waals surface area contributed by atoms with E-state index in [0.29, 0.717) is 12.0 Å². The monoisotopic (exact) mass is 311 g/mol. The van der Waals surface area contributed by atoms with Gasteiger partial charge in [0.05, 0.1) is 22.6 Å². The van der Waals surface area contributed by atoms with Crippen molar-refractivity contribution in [1.29, 1.82) is 0 Å². The molecule has 0 atom stereocenters. The van der Waals surface area contributed by atoms with Gasteiger partial charge < -0.3 is 5.32 Å². The molecule has 1 saturated carbocycles. The number of nitrogens with zero attached hydrogens (tertiary/aromatic N) is 2. The highest BCUT2D eigenvalue weighted by atomic mass is 16.1. The van der Waals surface area contributed by atoms with E-state index in [1.54, 1.807) is 0 Å². The molecule has 1 aliphatic carbocycles. The van der Waals surface area contributed by atoms with Crippen molar-refractivity contribution in [3.8, 4) is 5.69 Å². The zero-order valence-corrected chi connectivity index (χ0v) is 14.4. The zero-order valence-electron chi connectivity index (χ0n) is 14.4. The maximum Gasteiger partial charge on any atom is 0.255 e. The number of benzene rings is 1. The molecule has 0 saturated heterocycles. The zero-order chi connectivity index (χ0) is 16.6. The number of aryl methyl sites for hydroxylation is 1. The standard InChI is InChI=1S/C19H25N3O/c1-12(2)11-16-18(19(23)20-15-9-10-15)14(4)22(21-16)17-8-6-5-7-13(17)3/h5-8,12,15H,9-11H2,1-4H3,(H,20,23). The number of carbonyl (C=O) groups excluding carboxylic acids is 1. The summed E-state index contributed by atoms with van der Waals surface area (Å²) in [4.78, 5) is 12.7. The lowest BCUT2D eigenvalue weighted by molar-refractivity contribution is 0.0949. The van der Waals surface area contributed by atoms with Crippen LogP contribution in [0.5, 0.6) is 0 Å². The lowest BCUT2D eigenvalue weighted by Gasteiger charge is -2.08. The highest BCUT2D eigenvalue weighted by Gasteiger charge is 2.28. The van der Waals surface area contributed by atoms with E-state index in [4.69, 9.17) is 5.10 Å². The van der Waals surface area contributed by atoms with E-state index in [0.717, 1.165) is 47.5 Å². The minimum absolute atomic E-state index is 0.0282. The Bertz CT molecular complexity index is 726. The van der Waals surface area contributed by atoms with E-state index in [-0.39, 0.29) is 5.91 Å². The lowest BCUT2D eigenvalue weighted by Crippen LogP contribution is -2.27. The Morgan fingerprint density at radius 1 is 1.30 bits per heavy atom. The van der Waals surface area contributed by atoms with E-state index < -0.39 is 0 Å². The normalized spacial score (nSPS) is 14.3. The van der Waals surface area contributed by atoms with Crippen LogP contribution in [0.3, 0.4) is 0 Å². The Hall–Kier alpha value is -2.10. The first-order valence-corrected chi connectivity index (χ1v) is 8.42. The van der Waals surface area contributed by atoms with Gasteiger partial charge in [0.15, 0.2) is 0 Å². The number of amides is 1. The predicted molar refractivity (Wildman–Crippen MR) is 92.1 cm³/mol. The van der Waals surface area contributed by atoms with Gasteiger partial charge in [0.2, 0.25) is 0 Å². The molecule has 0 radical (unpaired) electrons. The quantitative estimate of drug-likeness (QED) is 0.917. The lowest BCUT2D eigenvalue weighted by atomic mass is 10.0. The smallest absolute Gasteiger partial charge is 0.255 e. The van der Waals surface area contributed by atoms with Gasteiger partial charge in [0.25, 0.3) is 5.91 Å². The van der Waals surface area contributed by atoms with Crippen LogP contribution in [0.2, 0.25) is 0 Å². The van der Waals surface area contributed by atoms with Crippen LogP contribution in [0.1, 0.15) is 54.0 Å². The SMILES string of the molecule is Cc1ccccc1-n1nc(CC(C)C)c(C(=O)NC2CC2)c1C. The predicted octanol–water partition coefficient (Wildman–Crippen LogP) is 3.58. The van der Waals surface area contributed by atoms with Crippen molar-refractivity contribution in [1.82, 2.24) is 15.1 Å². The third-order valence-electron chi connectivity index (χ3n) is 4.27. The van der Waals surface area contributed by atoms with Gasteiger partial charge >= 0.3 is 0 Å². The summed E-state index contributed by atoms with van der Waals surface area (Å²) in [6, 6.07) is 8.51. The van der Waals surface area contributed by atoms with Crippen molar-refractivity contribution in [2.75, 3.05) is 0 Å². The summed E-state index contributed by atoms with van der Waals surface area (Å²) < 4.78 is 1.93. The Labute approximate surface area is 137 Å². The molecule has 1 amide bonds. The first-order valence-electron chi connectivity index (χ1n) is 8.42. The van der Waals surface area contributed by atoms with Crippen LogP contribution in [0.4, 0.5) is 0 Å². The molecule has 0 spiro atoms. The van der Waals surface area contributed by atoms with Gasteiger partial charge in [-0.1, -0.05) is 32.0 Å². The van der Waals surface area contributed by atoms with Gasteiger partial charge in [0.1, 0.15) is 0 Å². The molecule has 0 unspecified atom stereocenters. The Morgan fingerprint density at radius 2 is 2.00 bits per heavy atom. The second-order valence-electron chi connectivity index (χ2n) is 6.95. The number of rotatable bonds is 5. The molecule has 0 aliphatic heterocycles. The van der Waals surface area contributed by atoms with Gasteiger partial charge in [-0.25, -0.2) is 4.68 Å². The molecule has 1 aromatic heterocycles. The van der Waals surface area contributed by atoms with Crippen molar-refractivity contribution >= 4 is 5.91 Å². The van der Waals surface area contributed by atoms with Crippen LogP contribution >= 0.6 is 0 Å². The molecule has 1 aliphatic rings. The number of aromatic nitrogens is 2. The number of para-hydroxylation sites is 1. The van der Waals surface area contributed by atoms with Gasteiger partial charge in [-0.3, -0.25) is 4.79 Å². The van der Waals surface area contributed by atoms with Crippen molar-refractivity contribution in [3.05, 3.63) is 46.8 Å². The molecular weight excluding hydrogens is 286 g/mol. The van der Waals surface area contributed by atoms with E-state index >= 15 is 0 Å². The van der Waals surface area contributed by atoms with Gasteiger partial charge in [-0.15, -0.1) is 0 Å². The van der Waals surface area contributed by atoms with Crippen molar-refractivity contribution in [2.24, 2.45) is 5.92 Å². The van der Waals surface area contributed by atoms with Crippen molar-refractivity contribution in [2.45, 2.75) is 53.0 Å². The fourth-order valence-electron chi connectivity index (χ4n) is 2.91. The Kier molecular flexibility index (Phi) is 4.24. The van der Waals surface area contributed by atoms with E-state index in [2.05, 4.69) is 38.2 Å². The minimum atomic E-state index is 0.0282. The van der Waals surface area contributed by atoms with Crippen LogP contribution in [0, 0.1) is 19.8 Å². The van der Waals surface area contributed by atoms with E-state index in [1.165, 1.54) is 0 Å². The molecule has 4 heteroatoms. The topological polar surface area (TPSA) is 46.9 Å². The van der Waals surface area contributed by atoms with E-state index in [9.17, 15) is 4.79 Å². The summed E-state index contributed by atoms with van der Waals surface area (Å²) in [6.07, 6.45) is 3.00. The summed E-state index contributed by atoms with van der Waals surface area (Å²) in [5.41, 5.74) is 4.78. The van der Waals surface area contributed by atoms with E-state index in [1.807, 2.05) is 23.7 Å². The summed E-state index contributed by atoms with van der Waals surface area (Å²) in [5, 5.41) is 7.90. The van der Waals surface area contributed by atoms with Crippen molar-refractivity contribution < 1.29 is 4.79 Å². The fraction of sp³-hybridized carbons (Fsp3) is 0.474. The summed E-state index contributed by atoms with van der Waals surface area (Å²) in [5.74, 6) is 0.488. The van der Waals surface area contributed by atoms with Gasteiger partial charge in [-0.05, 0) is 50.7 Å². The average Bonchev–Trinajstić information content (AvgIpc) is 3.23. The van der Waals surface area contributed by atoms with Gasteiger partial charge in [0, 0.05) is 6.04 Å². The summed E-state index contributed by atoms with van der Waals surface area (Å²) in [7, 11) is 0. The molecule has 122 valence electrons.